The fourth-order valence-corrected chi connectivity index (χ4v) is 7.56. The number of amides is 2. The number of ether oxygens (including phenoxy) is 1. The van der Waals surface area contributed by atoms with Gasteiger partial charge in [0.25, 0.3) is 5.91 Å². The molecule has 0 saturated heterocycles. The molecule has 9 heteroatoms. The van der Waals surface area contributed by atoms with Crippen molar-refractivity contribution in [1.82, 2.24) is 14.8 Å². The van der Waals surface area contributed by atoms with Crippen LogP contribution in [-0.2, 0) is 6.54 Å². The summed E-state index contributed by atoms with van der Waals surface area (Å²) < 4.78 is 6.76. The fraction of sp³-hybridized carbons (Fsp3) is 0.400. The summed E-state index contributed by atoms with van der Waals surface area (Å²) in [7, 11) is 1.65. The third kappa shape index (κ3) is 6.87. The molecule has 1 fully saturated rings. The van der Waals surface area contributed by atoms with Gasteiger partial charge in [0, 0.05) is 57.8 Å². The van der Waals surface area contributed by atoms with Crippen molar-refractivity contribution < 1.29 is 19.4 Å². The highest BCUT2D eigenvalue weighted by Gasteiger charge is 2.35. The van der Waals surface area contributed by atoms with Crippen LogP contribution in [0.3, 0.4) is 0 Å². The van der Waals surface area contributed by atoms with Crippen LogP contribution >= 0.6 is 22.9 Å². The SMILES string of the molecule is COc1ccc(-c2ccc(C)nc2)cc1CN(C(=O)c1sc2ccccc2c1Cl)C1CCC(CN(C(=O)O)C(C)(C)C)CC1. The Morgan fingerprint density at radius 1 is 1.05 bits per heavy atom. The Morgan fingerprint density at radius 2 is 1.75 bits per heavy atom. The van der Waals surface area contributed by atoms with Crippen molar-refractivity contribution in [2.75, 3.05) is 13.7 Å². The van der Waals surface area contributed by atoms with Gasteiger partial charge in [0.05, 0.1) is 12.1 Å². The molecular formula is C35H40ClN3O4S. The van der Waals surface area contributed by atoms with E-state index >= 15 is 0 Å². The Morgan fingerprint density at radius 3 is 2.36 bits per heavy atom. The molecule has 2 heterocycles. The van der Waals surface area contributed by atoms with Gasteiger partial charge >= 0.3 is 6.09 Å². The number of aryl methyl sites for hydroxylation is 1. The molecule has 7 nitrogen and oxygen atoms in total. The number of thiophene rings is 1. The number of halogens is 1. The summed E-state index contributed by atoms with van der Waals surface area (Å²) in [5.41, 5.74) is 3.37. The van der Waals surface area contributed by atoms with Crippen LogP contribution in [-0.4, -0.2) is 57.1 Å². The van der Waals surface area contributed by atoms with Gasteiger partial charge in [-0.2, -0.15) is 0 Å². The van der Waals surface area contributed by atoms with Crippen LogP contribution in [0.5, 0.6) is 5.75 Å². The van der Waals surface area contributed by atoms with E-state index in [-0.39, 0.29) is 17.9 Å². The normalized spacial score (nSPS) is 17.0. The maximum absolute atomic E-state index is 14.4. The number of aromatic nitrogens is 1. The second-order valence-corrected chi connectivity index (χ2v) is 14.1. The molecule has 44 heavy (non-hydrogen) atoms. The van der Waals surface area contributed by atoms with Crippen molar-refractivity contribution in [3.63, 3.8) is 0 Å². The number of hydrogen-bond acceptors (Lipinski definition) is 5. The predicted octanol–water partition coefficient (Wildman–Crippen LogP) is 8.91. The highest BCUT2D eigenvalue weighted by molar-refractivity contribution is 7.21. The zero-order valence-corrected chi connectivity index (χ0v) is 27.5. The monoisotopic (exact) mass is 633 g/mol. The van der Waals surface area contributed by atoms with Crippen molar-refractivity contribution in [3.8, 4) is 16.9 Å². The molecule has 1 aliphatic carbocycles. The van der Waals surface area contributed by atoms with Crippen molar-refractivity contribution in [3.05, 3.63) is 82.0 Å². The third-order valence-corrected chi connectivity index (χ3v) is 10.3. The number of hydrogen-bond donors (Lipinski definition) is 1. The Labute approximate surface area is 268 Å². The zero-order chi connectivity index (χ0) is 31.6. The molecule has 0 atom stereocenters. The Hall–Kier alpha value is -3.62. The Bertz CT molecular complexity index is 1640. The lowest BCUT2D eigenvalue weighted by molar-refractivity contribution is 0.0535. The summed E-state index contributed by atoms with van der Waals surface area (Å²) in [4.78, 5) is 34.9. The Kier molecular flexibility index (Phi) is 9.51. The highest BCUT2D eigenvalue weighted by Crippen LogP contribution is 2.39. The number of nitrogens with zero attached hydrogens (tertiary/aromatic N) is 3. The van der Waals surface area contributed by atoms with Gasteiger partial charge in [-0.05, 0) is 89.1 Å². The van der Waals surface area contributed by atoms with Crippen LogP contribution in [0.25, 0.3) is 21.2 Å². The first kappa shape index (κ1) is 31.8. The summed E-state index contributed by atoms with van der Waals surface area (Å²) in [5.74, 6) is 0.856. The van der Waals surface area contributed by atoms with E-state index in [1.807, 2.05) is 87.3 Å². The smallest absolute Gasteiger partial charge is 0.407 e. The molecule has 0 bridgehead atoms. The summed E-state index contributed by atoms with van der Waals surface area (Å²) in [5, 5.41) is 11.2. The average molecular weight is 634 g/mol. The lowest BCUT2D eigenvalue weighted by atomic mass is 9.84. The van der Waals surface area contributed by atoms with Crippen LogP contribution in [0, 0.1) is 12.8 Å². The van der Waals surface area contributed by atoms with E-state index in [1.165, 1.54) is 16.2 Å². The maximum atomic E-state index is 14.4. The van der Waals surface area contributed by atoms with Crippen LogP contribution in [0.4, 0.5) is 4.79 Å². The summed E-state index contributed by atoms with van der Waals surface area (Å²) in [6.07, 6.45) is 4.19. The summed E-state index contributed by atoms with van der Waals surface area (Å²) in [6.45, 7) is 8.59. The van der Waals surface area contributed by atoms with Crippen LogP contribution in [0.1, 0.15) is 67.4 Å². The van der Waals surface area contributed by atoms with Gasteiger partial charge in [0.2, 0.25) is 0 Å². The van der Waals surface area contributed by atoms with Gasteiger partial charge in [0.1, 0.15) is 10.6 Å². The van der Waals surface area contributed by atoms with Crippen molar-refractivity contribution in [1.29, 1.82) is 0 Å². The van der Waals surface area contributed by atoms with Crippen molar-refractivity contribution >= 4 is 45.0 Å². The molecule has 0 aliphatic heterocycles. The summed E-state index contributed by atoms with van der Waals surface area (Å²) in [6, 6.07) is 17.9. The predicted molar refractivity (Wildman–Crippen MR) is 178 cm³/mol. The van der Waals surface area contributed by atoms with Gasteiger partial charge in [-0.3, -0.25) is 9.78 Å². The van der Waals surface area contributed by atoms with Gasteiger partial charge in [-0.1, -0.05) is 41.9 Å². The highest BCUT2D eigenvalue weighted by atomic mass is 35.5. The second kappa shape index (κ2) is 13.2. The lowest BCUT2D eigenvalue weighted by Gasteiger charge is -2.40. The number of pyridine rings is 1. The van der Waals surface area contributed by atoms with Crippen molar-refractivity contribution in [2.45, 2.75) is 71.5 Å². The first-order valence-corrected chi connectivity index (χ1v) is 16.2. The largest absolute Gasteiger partial charge is 0.496 e. The molecule has 1 aliphatic rings. The van der Waals surface area contributed by atoms with E-state index in [2.05, 4.69) is 11.1 Å². The van der Waals surface area contributed by atoms with Gasteiger partial charge < -0.3 is 19.6 Å². The number of benzene rings is 2. The fourth-order valence-electron chi connectivity index (χ4n) is 6.09. The lowest BCUT2D eigenvalue weighted by Crippen LogP contribution is -2.48. The number of carboxylic acid groups (broad SMARTS) is 1. The van der Waals surface area contributed by atoms with Gasteiger partial charge in [-0.25, -0.2) is 4.79 Å². The van der Waals surface area contributed by atoms with E-state index in [0.29, 0.717) is 28.7 Å². The molecule has 1 saturated carbocycles. The number of fused-ring (bicyclic) bond motifs is 1. The van der Waals surface area contributed by atoms with Gasteiger partial charge in [-0.15, -0.1) is 11.3 Å². The van der Waals surface area contributed by atoms with E-state index in [1.54, 1.807) is 7.11 Å². The minimum atomic E-state index is -0.897. The molecule has 5 rings (SSSR count). The van der Waals surface area contributed by atoms with E-state index in [9.17, 15) is 14.7 Å². The summed E-state index contributed by atoms with van der Waals surface area (Å²) >= 11 is 8.26. The van der Waals surface area contributed by atoms with E-state index in [0.717, 1.165) is 58.2 Å². The van der Waals surface area contributed by atoms with Crippen LogP contribution < -0.4 is 4.74 Å². The van der Waals surface area contributed by atoms with E-state index in [4.69, 9.17) is 16.3 Å². The molecule has 1 N–H and O–H groups in total. The second-order valence-electron chi connectivity index (χ2n) is 12.6. The molecule has 0 radical (unpaired) electrons. The average Bonchev–Trinajstić information content (AvgIpc) is 3.34. The minimum Gasteiger partial charge on any atom is -0.496 e. The number of carbonyl (C=O) groups is 2. The molecule has 2 aromatic carbocycles. The molecular weight excluding hydrogens is 594 g/mol. The molecule has 0 spiro atoms. The molecule has 4 aromatic rings. The molecule has 2 amide bonds. The number of rotatable bonds is 8. The first-order chi connectivity index (χ1) is 21.0. The molecule has 0 unspecified atom stereocenters. The maximum Gasteiger partial charge on any atom is 0.407 e. The topological polar surface area (TPSA) is 83.0 Å². The van der Waals surface area contributed by atoms with Crippen LogP contribution in [0.15, 0.2) is 60.8 Å². The third-order valence-electron chi connectivity index (χ3n) is 8.59. The molecule has 2 aromatic heterocycles. The minimum absolute atomic E-state index is 0.0256. The Balaban J connectivity index is 1.46. The van der Waals surface area contributed by atoms with Crippen molar-refractivity contribution in [2.24, 2.45) is 5.92 Å². The van der Waals surface area contributed by atoms with Crippen LogP contribution in [0.2, 0.25) is 5.02 Å². The molecule has 232 valence electrons. The standard InChI is InChI=1S/C35H40ClN3O4S/c1-22-10-13-25(19-37-22)24-14-17-29(43-5)26(18-24)21-38(33(40)32-31(36)28-8-6-7-9-30(28)44-32)27-15-11-23(12-16-27)20-39(34(41)42)35(2,3)4/h6-10,13-14,17-19,23,27H,11-12,15-16,20-21H2,1-5H3,(H,41,42). The van der Waals surface area contributed by atoms with E-state index < -0.39 is 11.6 Å². The number of carbonyl (C=O) groups excluding carboxylic acids is 1. The zero-order valence-electron chi connectivity index (χ0n) is 26.0. The van der Waals surface area contributed by atoms with Gasteiger partial charge in [0.15, 0.2) is 0 Å². The number of methoxy groups -OCH3 is 1. The quantitative estimate of drug-likeness (QED) is 0.209. The first-order valence-electron chi connectivity index (χ1n) is 15.0.